The lowest BCUT2D eigenvalue weighted by atomic mass is 10.1. The number of piperazine rings is 1. The molecular weight excluding hydrogens is 740 g/mol. The number of nitrogens with zero attached hydrogens (tertiary/aromatic N) is 10. The molecule has 4 bridgehead atoms. The lowest BCUT2D eigenvalue weighted by Crippen LogP contribution is -2.54. The van der Waals surface area contributed by atoms with Crippen molar-refractivity contribution in [2.24, 2.45) is 5.73 Å². The molecule has 2 aromatic carbocycles. The minimum Gasteiger partial charge on any atom is -0.370 e. The van der Waals surface area contributed by atoms with Crippen molar-refractivity contribution in [2.45, 2.75) is 45.7 Å². The number of fused-ring (bicyclic) bond motifs is 4. The normalized spacial score (nSPS) is 17.1. The second kappa shape index (κ2) is 20.5. The molecule has 1 fully saturated rings. The molecule has 0 radical (unpaired) electrons. The van der Waals surface area contributed by atoms with Gasteiger partial charge in [0.1, 0.15) is 5.82 Å². The number of pyridine rings is 2. The summed E-state index contributed by atoms with van der Waals surface area (Å²) in [6.45, 7) is 7.46. The van der Waals surface area contributed by atoms with Gasteiger partial charge < -0.3 is 15.5 Å². The molecule has 0 atom stereocenters. The van der Waals surface area contributed by atoms with Gasteiger partial charge in [0.15, 0.2) is 5.96 Å². The zero-order chi connectivity index (χ0) is 40.9. The molecule has 2 aliphatic rings. The number of nitro benzene ring substituents is 1. The third-order valence-electron chi connectivity index (χ3n) is 10.4. The van der Waals surface area contributed by atoms with Crippen molar-refractivity contribution >= 4 is 17.6 Å². The third-order valence-corrected chi connectivity index (χ3v) is 10.4. The molecule has 4 heterocycles. The first-order valence-corrected chi connectivity index (χ1v) is 19.6. The predicted octanol–water partition coefficient (Wildman–Crippen LogP) is 3.80. The van der Waals surface area contributed by atoms with E-state index in [1.807, 2.05) is 53.4 Å². The average molecular weight is 791 g/mol. The number of guanidine groups is 1. The van der Waals surface area contributed by atoms with E-state index in [-0.39, 0.29) is 36.5 Å². The van der Waals surface area contributed by atoms with Crippen LogP contribution in [0.3, 0.4) is 0 Å². The molecule has 1 amide bonds. The van der Waals surface area contributed by atoms with Crippen molar-refractivity contribution in [3.8, 4) is 6.07 Å². The average Bonchev–Trinajstić information content (AvgIpc) is 3.20. The Hall–Kier alpha value is -5.86. The summed E-state index contributed by atoms with van der Waals surface area (Å²) in [5, 5.41) is 29.2. The highest BCUT2D eigenvalue weighted by atomic mass is 19.1. The molecule has 0 aliphatic carbocycles. The summed E-state index contributed by atoms with van der Waals surface area (Å²) in [6, 6.07) is 27.4. The van der Waals surface area contributed by atoms with Gasteiger partial charge in [0.2, 0.25) is 5.91 Å². The maximum atomic E-state index is 14.3. The molecule has 3 N–H and O–H groups in total. The van der Waals surface area contributed by atoms with E-state index in [0.717, 1.165) is 33.9 Å². The van der Waals surface area contributed by atoms with Crippen molar-refractivity contribution in [3.05, 3.63) is 135 Å². The molecule has 58 heavy (non-hydrogen) atoms. The highest BCUT2D eigenvalue weighted by molar-refractivity contribution is 5.79. The molecule has 15 nitrogen and oxygen atoms in total. The van der Waals surface area contributed by atoms with Gasteiger partial charge in [-0.2, -0.15) is 5.26 Å². The monoisotopic (exact) mass is 790 g/mol. The Labute approximate surface area is 338 Å². The Morgan fingerprint density at radius 1 is 0.724 bits per heavy atom. The number of nitro groups is 1. The number of aromatic nitrogens is 2. The largest absolute Gasteiger partial charge is 0.370 e. The summed E-state index contributed by atoms with van der Waals surface area (Å²) >= 11 is 0. The van der Waals surface area contributed by atoms with Crippen molar-refractivity contribution < 1.29 is 14.1 Å². The number of carbonyl (C=O) groups is 1. The van der Waals surface area contributed by atoms with Crippen molar-refractivity contribution in [1.82, 2.24) is 39.4 Å². The Morgan fingerprint density at radius 3 is 1.84 bits per heavy atom. The highest BCUT2D eigenvalue weighted by Crippen LogP contribution is 2.19. The first-order valence-electron chi connectivity index (χ1n) is 19.6. The van der Waals surface area contributed by atoms with Crippen molar-refractivity contribution in [1.29, 1.82) is 10.7 Å². The van der Waals surface area contributed by atoms with Gasteiger partial charge in [-0.3, -0.25) is 49.9 Å². The lowest BCUT2D eigenvalue weighted by molar-refractivity contribution is -0.384. The number of amides is 1. The topological polar surface area (TPSA) is 179 Å². The second-order valence-corrected chi connectivity index (χ2v) is 14.9. The van der Waals surface area contributed by atoms with E-state index in [0.29, 0.717) is 98.0 Å². The van der Waals surface area contributed by atoms with Crippen molar-refractivity contribution in [3.63, 3.8) is 0 Å². The number of halogens is 1. The SMILES string of the molecule is N#CCN1CCCN(CC(=O)N2CCN(C(=N)N)CC2)CCN(Cc2cccc([N+](=O)[O-])c2)Cc2cccc(n2)CN(Cc2cccc(F)c2)Cc2cccc(n2)C1. The number of nitrogens with two attached hydrogens (primary N) is 1. The van der Waals surface area contributed by atoms with E-state index >= 15 is 0 Å². The number of rotatable bonds is 8. The number of nitrogens with one attached hydrogen (secondary N) is 1. The second-order valence-electron chi connectivity index (χ2n) is 14.9. The van der Waals surface area contributed by atoms with E-state index in [9.17, 15) is 24.6 Å². The Kier molecular flexibility index (Phi) is 14.8. The predicted molar refractivity (Wildman–Crippen MR) is 217 cm³/mol. The van der Waals surface area contributed by atoms with Gasteiger partial charge >= 0.3 is 0 Å². The lowest BCUT2D eigenvalue weighted by Gasteiger charge is -2.36. The fourth-order valence-corrected chi connectivity index (χ4v) is 7.50. The molecule has 2 aromatic heterocycles. The van der Waals surface area contributed by atoms with Crippen LogP contribution in [0.1, 0.15) is 40.3 Å². The molecule has 0 spiro atoms. The zero-order valence-corrected chi connectivity index (χ0v) is 32.8. The van der Waals surface area contributed by atoms with Crippen LogP contribution < -0.4 is 5.73 Å². The summed E-state index contributed by atoms with van der Waals surface area (Å²) < 4.78 is 14.3. The smallest absolute Gasteiger partial charge is 0.269 e. The van der Waals surface area contributed by atoms with Crippen LogP contribution in [0.25, 0.3) is 0 Å². The van der Waals surface area contributed by atoms with Crippen molar-refractivity contribution in [2.75, 3.05) is 65.4 Å². The maximum absolute atomic E-state index is 14.3. The van der Waals surface area contributed by atoms with Crippen LogP contribution in [-0.4, -0.2) is 122 Å². The Bertz CT molecular complexity index is 2070. The highest BCUT2D eigenvalue weighted by Gasteiger charge is 2.24. The molecule has 16 heteroatoms. The van der Waals surface area contributed by atoms with E-state index in [1.54, 1.807) is 29.2 Å². The number of benzene rings is 2. The van der Waals surface area contributed by atoms with Gasteiger partial charge in [0.05, 0.1) is 46.9 Å². The van der Waals surface area contributed by atoms with Crippen LogP contribution >= 0.6 is 0 Å². The molecule has 2 aliphatic heterocycles. The molecule has 0 unspecified atom stereocenters. The summed E-state index contributed by atoms with van der Waals surface area (Å²) in [5.41, 5.74) is 10.7. The van der Waals surface area contributed by atoms with Gasteiger partial charge in [0, 0.05) is 97.2 Å². The minimum absolute atomic E-state index is 0.00103. The van der Waals surface area contributed by atoms with Gasteiger partial charge in [-0.1, -0.05) is 36.4 Å². The van der Waals surface area contributed by atoms with Crippen LogP contribution in [0.4, 0.5) is 10.1 Å². The number of hydrogen-bond acceptors (Lipinski definition) is 11. The van der Waals surface area contributed by atoms with Gasteiger partial charge in [-0.25, -0.2) is 4.39 Å². The zero-order valence-electron chi connectivity index (χ0n) is 32.8. The fourth-order valence-electron chi connectivity index (χ4n) is 7.50. The molecule has 6 rings (SSSR count). The summed E-state index contributed by atoms with van der Waals surface area (Å²) in [6.07, 6.45) is 0.697. The fraction of sp³-hybridized carbons (Fsp3) is 0.405. The minimum atomic E-state index is -0.392. The maximum Gasteiger partial charge on any atom is 0.269 e. The summed E-state index contributed by atoms with van der Waals surface area (Å²) in [7, 11) is 0. The van der Waals surface area contributed by atoms with E-state index < -0.39 is 4.92 Å². The number of non-ortho nitro benzene ring substituents is 1. The van der Waals surface area contributed by atoms with E-state index in [2.05, 4.69) is 25.7 Å². The molecular formula is C42H51FN12O3. The van der Waals surface area contributed by atoms with Crippen LogP contribution in [0.5, 0.6) is 0 Å². The molecule has 4 aromatic rings. The van der Waals surface area contributed by atoms with Crippen LogP contribution in [0.15, 0.2) is 84.9 Å². The number of hydrogen-bond donors (Lipinski definition) is 2. The molecule has 304 valence electrons. The van der Waals surface area contributed by atoms with Crippen LogP contribution in [0.2, 0.25) is 0 Å². The summed E-state index contributed by atoms with van der Waals surface area (Å²) in [5.74, 6) is -0.296. The van der Waals surface area contributed by atoms with E-state index in [4.69, 9.17) is 21.1 Å². The summed E-state index contributed by atoms with van der Waals surface area (Å²) in [4.78, 5) is 47.3. The first-order chi connectivity index (χ1) is 28.1. The van der Waals surface area contributed by atoms with Crippen LogP contribution in [0, 0.1) is 32.7 Å². The quantitative estimate of drug-likeness (QED) is 0.0869. The van der Waals surface area contributed by atoms with Gasteiger partial charge in [0.25, 0.3) is 5.69 Å². The Balaban J connectivity index is 1.30. The standard InChI is InChI=1S/C42H51FN12O3/c43-35-8-1-6-33(24-35)27-52-30-38-11-3-9-36(47-38)28-49(17-14-44)15-5-16-50(32-41(56)53-20-22-54(23-21-53)42(45)46)18-19-51(29-37-10-4-12-39(31-52)48-37)26-34-7-2-13-40(25-34)55(57)58/h1-4,6-13,24-25H,5,15-23,26-32H2,(H3,45,46). The third kappa shape index (κ3) is 12.6. The number of carbonyl (C=O) groups excluding carboxylic acids is 1. The van der Waals surface area contributed by atoms with Gasteiger partial charge in [-0.05, 0) is 60.5 Å². The Morgan fingerprint density at radius 2 is 1.24 bits per heavy atom. The molecule has 0 saturated carbocycles. The first kappa shape index (κ1) is 41.8. The van der Waals surface area contributed by atoms with Crippen LogP contribution in [-0.2, 0) is 44.1 Å². The number of nitriles is 1. The van der Waals surface area contributed by atoms with E-state index in [1.165, 1.54) is 12.1 Å². The molecule has 1 saturated heterocycles. The van der Waals surface area contributed by atoms with Gasteiger partial charge in [-0.15, -0.1) is 0 Å².